The molecule has 2 aromatic rings. The Morgan fingerprint density at radius 3 is 2.75 bits per heavy atom. The molecule has 1 aromatic carbocycles. The first-order chi connectivity index (χ1) is 11.7. The van der Waals surface area contributed by atoms with Crippen molar-refractivity contribution < 1.29 is 4.79 Å². The first-order valence-corrected chi connectivity index (χ1v) is 8.75. The average Bonchev–Trinajstić information content (AvgIpc) is 2.61. The number of rotatable bonds is 5. The fourth-order valence-corrected chi connectivity index (χ4v) is 3.36. The van der Waals surface area contributed by atoms with Gasteiger partial charge in [0.2, 0.25) is 0 Å². The van der Waals surface area contributed by atoms with Crippen LogP contribution in [0.3, 0.4) is 0 Å². The van der Waals surface area contributed by atoms with Gasteiger partial charge in [-0.3, -0.25) is 9.78 Å². The SMILES string of the molecule is C[C@@H]1CCCC(NC(=O)c2ccccc2NCc2ccncc2)C1. The van der Waals surface area contributed by atoms with Gasteiger partial charge in [0, 0.05) is 30.7 Å². The number of amides is 1. The van der Waals surface area contributed by atoms with Crippen molar-refractivity contribution >= 4 is 11.6 Å². The molecule has 0 spiro atoms. The summed E-state index contributed by atoms with van der Waals surface area (Å²) in [6.45, 7) is 2.94. The number of hydrogen-bond donors (Lipinski definition) is 2. The summed E-state index contributed by atoms with van der Waals surface area (Å²) in [5.41, 5.74) is 2.72. The summed E-state index contributed by atoms with van der Waals surface area (Å²) in [7, 11) is 0. The maximum absolute atomic E-state index is 12.7. The van der Waals surface area contributed by atoms with Gasteiger partial charge in [0.15, 0.2) is 0 Å². The van der Waals surface area contributed by atoms with Crippen molar-refractivity contribution in [2.75, 3.05) is 5.32 Å². The zero-order valence-electron chi connectivity index (χ0n) is 14.2. The van der Waals surface area contributed by atoms with Crippen LogP contribution in [-0.4, -0.2) is 16.9 Å². The lowest BCUT2D eigenvalue weighted by Gasteiger charge is -2.27. The highest BCUT2D eigenvalue weighted by Crippen LogP contribution is 2.24. The van der Waals surface area contributed by atoms with Crippen LogP contribution in [0.4, 0.5) is 5.69 Å². The van der Waals surface area contributed by atoms with E-state index in [9.17, 15) is 4.79 Å². The molecule has 0 aliphatic heterocycles. The lowest BCUT2D eigenvalue weighted by molar-refractivity contribution is 0.0922. The van der Waals surface area contributed by atoms with E-state index in [4.69, 9.17) is 0 Å². The van der Waals surface area contributed by atoms with Crippen molar-refractivity contribution in [3.05, 3.63) is 59.9 Å². The number of carbonyl (C=O) groups excluding carboxylic acids is 1. The molecule has 0 bridgehead atoms. The normalized spacial score (nSPS) is 20.4. The number of anilines is 1. The molecule has 2 atom stereocenters. The molecule has 3 rings (SSSR count). The van der Waals surface area contributed by atoms with Gasteiger partial charge in [-0.15, -0.1) is 0 Å². The summed E-state index contributed by atoms with van der Waals surface area (Å²) in [4.78, 5) is 16.7. The smallest absolute Gasteiger partial charge is 0.253 e. The average molecular weight is 323 g/mol. The van der Waals surface area contributed by atoms with E-state index in [2.05, 4.69) is 22.5 Å². The predicted molar refractivity (Wildman–Crippen MR) is 96.9 cm³/mol. The molecular formula is C20H25N3O. The second-order valence-corrected chi connectivity index (χ2v) is 6.70. The van der Waals surface area contributed by atoms with Crippen molar-refractivity contribution in [1.82, 2.24) is 10.3 Å². The topological polar surface area (TPSA) is 54.0 Å². The maximum atomic E-state index is 12.7. The van der Waals surface area contributed by atoms with Crippen LogP contribution in [0.15, 0.2) is 48.8 Å². The molecule has 1 aromatic heterocycles. The van der Waals surface area contributed by atoms with Crippen LogP contribution in [0.1, 0.15) is 48.5 Å². The Morgan fingerprint density at radius 1 is 1.17 bits per heavy atom. The van der Waals surface area contributed by atoms with Crippen LogP contribution in [0.2, 0.25) is 0 Å². The van der Waals surface area contributed by atoms with Crippen LogP contribution in [-0.2, 0) is 6.54 Å². The number of pyridine rings is 1. The molecule has 1 aliphatic rings. The highest BCUT2D eigenvalue weighted by molar-refractivity contribution is 5.99. The van der Waals surface area contributed by atoms with Gasteiger partial charge in [-0.05, 0) is 48.6 Å². The number of carbonyl (C=O) groups is 1. The molecule has 1 fully saturated rings. The molecule has 1 aliphatic carbocycles. The lowest BCUT2D eigenvalue weighted by atomic mass is 9.87. The summed E-state index contributed by atoms with van der Waals surface area (Å²) in [5.74, 6) is 0.719. The van der Waals surface area contributed by atoms with Gasteiger partial charge in [0.05, 0.1) is 5.56 Å². The fraction of sp³-hybridized carbons (Fsp3) is 0.400. The van der Waals surface area contributed by atoms with Gasteiger partial charge in [0.1, 0.15) is 0 Å². The van der Waals surface area contributed by atoms with E-state index in [1.807, 2.05) is 36.4 Å². The molecule has 2 N–H and O–H groups in total. The highest BCUT2D eigenvalue weighted by Gasteiger charge is 2.21. The van der Waals surface area contributed by atoms with Gasteiger partial charge >= 0.3 is 0 Å². The summed E-state index contributed by atoms with van der Waals surface area (Å²) in [5, 5.41) is 6.58. The Bertz CT molecular complexity index is 672. The molecular weight excluding hydrogens is 298 g/mol. The Morgan fingerprint density at radius 2 is 1.96 bits per heavy atom. The number of aromatic nitrogens is 1. The third kappa shape index (κ3) is 4.34. The van der Waals surface area contributed by atoms with Gasteiger partial charge in [-0.1, -0.05) is 31.9 Å². The van der Waals surface area contributed by atoms with Crippen molar-refractivity contribution in [3.63, 3.8) is 0 Å². The zero-order chi connectivity index (χ0) is 16.8. The first-order valence-electron chi connectivity index (χ1n) is 8.75. The minimum Gasteiger partial charge on any atom is -0.380 e. The third-order valence-corrected chi connectivity index (χ3v) is 4.68. The minimum absolute atomic E-state index is 0.0203. The van der Waals surface area contributed by atoms with E-state index in [1.165, 1.54) is 12.8 Å². The number of para-hydroxylation sites is 1. The standard InChI is InChI=1S/C20H25N3O/c1-15-5-4-6-17(13-15)23-20(24)18-7-2-3-8-19(18)22-14-16-9-11-21-12-10-16/h2-3,7-12,15,17,22H,4-6,13-14H2,1H3,(H,23,24)/t15-,17?/m1/s1. The van der Waals surface area contributed by atoms with E-state index in [0.29, 0.717) is 24.1 Å². The Labute approximate surface area is 143 Å². The zero-order valence-corrected chi connectivity index (χ0v) is 14.2. The number of nitrogens with one attached hydrogen (secondary N) is 2. The lowest BCUT2D eigenvalue weighted by Crippen LogP contribution is -2.38. The number of nitrogens with zero attached hydrogens (tertiary/aromatic N) is 1. The summed E-state index contributed by atoms with van der Waals surface area (Å²) in [6.07, 6.45) is 8.20. The quantitative estimate of drug-likeness (QED) is 0.874. The number of hydrogen-bond acceptors (Lipinski definition) is 3. The molecule has 4 heteroatoms. The summed E-state index contributed by atoms with van der Waals surface area (Å²) < 4.78 is 0. The molecule has 4 nitrogen and oxygen atoms in total. The molecule has 1 heterocycles. The van der Waals surface area contributed by atoms with Crippen molar-refractivity contribution in [1.29, 1.82) is 0 Å². The van der Waals surface area contributed by atoms with Gasteiger partial charge in [-0.25, -0.2) is 0 Å². The molecule has 0 radical (unpaired) electrons. The molecule has 24 heavy (non-hydrogen) atoms. The second-order valence-electron chi connectivity index (χ2n) is 6.70. The van der Waals surface area contributed by atoms with Gasteiger partial charge in [0.25, 0.3) is 5.91 Å². The molecule has 1 saturated carbocycles. The maximum Gasteiger partial charge on any atom is 0.253 e. The Kier molecular flexibility index (Phi) is 5.47. The molecule has 0 saturated heterocycles. The monoisotopic (exact) mass is 323 g/mol. The largest absolute Gasteiger partial charge is 0.380 e. The van der Waals surface area contributed by atoms with Crippen molar-refractivity contribution in [2.24, 2.45) is 5.92 Å². The Balaban J connectivity index is 1.65. The van der Waals surface area contributed by atoms with Gasteiger partial charge in [-0.2, -0.15) is 0 Å². The molecule has 1 amide bonds. The Hall–Kier alpha value is -2.36. The van der Waals surface area contributed by atoms with Crippen molar-refractivity contribution in [2.45, 2.75) is 45.2 Å². The molecule has 1 unspecified atom stereocenters. The van der Waals surface area contributed by atoms with Crippen LogP contribution in [0.25, 0.3) is 0 Å². The fourth-order valence-electron chi connectivity index (χ4n) is 3.36. The van der Waals surface area contributed by atoms with E-state index in [0.717, 1.165) is 24.1 Å². The number of benzene rings is 1. The minimum atomic E-state index is 0.0203. The van der Waals surface area contributed by atoms with E-state index in [-0.39, 0.29) is 5.91 Å². The van der Waals surface area contributed by atoms with Crippen LogP contribution < -0.4 is 10.6 Å². The summed E-state index contributed by atoms with van der Waals surface area (Å²) in [6, 6.07) is 12.0. The van der Waals surface area contributed by atoms with Crippen LogP contribution >= 0.6 is 0 Å². The van der Waals surface area contributed by atoms with E-state index in [1.54, 1.807) is 12.4 Å². The molecule has 126 valence electrons. The van der Waals surface area contributed by atoms with Crippen LogP contribution in [0, 0.1) is 5.92 Å². The van der Waals surface area contributed by atoms with Crippen molar-refractivity contribution in [3.8, 4) is 0 Å². The highest BCUT2D eigenvalue weighted by atomic mass is 16.1. The van der Waals surface area contributed by atoms with E-state index >= 15 is 0 Å². The van der Waals surface area contributed by atoms with Gasteiger partial charge < -0.3 is 10.6 Å². The summed E-state index contributed by atoms with van der Waals surface area (Å²) >= 11 is 0. The second kappa shape index (κ2) is 7.95. The predicted octanol–water partition coefficient (Wildman–Crippen LogP) is 4.00. The van der Waals surface area contributed by atoms with E-state index < -0.39 is 0 Å². The first kappa shape index (κ1) is 16.5. The third-order valence-electron chi connectivity index (χ3n) is 4.68. The van der Waals surface area contributed by atoms with Crippen LogP contribution in [0.5, 0.6) is 0 Å².